The van der Waals surface area contributed by atoms with Crippen LogP contribution in [0.5, 0.6) is 17.2 Å². The van der Waals surface area contributed by atoms with E-state index in [0.717, 1.165) is 5.56 Å². The highest BCUT2D eigenvalue weighted by Crippen LogP contribution is 2.40. The Morgan fingerprint density at radius 1 is 1.19 bits per heavy atom. The highest BCUT2D eigenvalue weighted by atomic mass is 16.6. The van der Waals surface area contributed by atoms with Crippen molar-refractivity contribution < 1.29 is 28.9 Å². The molecule has 0 saturated carbocycles. The van der Waals surface area contributed by atoms with Crippen molar-refractivity contribution in [2.75, 3.05) is 25.6 Å². The molecule has 0 radical (unpaired) electrons. The van der Waals surface area contributed by atoms with Crippen LogP contribution in [0.2, 0.25) is 0 Å². The minimum absolute atomic E-state index is 0.308. The van der Waals surface area contributed by atoms with Gasteiger partial charge in [0.2, 0.25) is 5.75 Å². The summed E-state index contributed by atoms with van der Waals surface area (Å²) in [7, 11) is 1.51. The van der Waals surface area contributed by atoms with Gasteiger partial charge in [-0.25, -0.2) is 0 Å². The number of anilines is 1. The fourth-order valence-corrected chi connectivity index (χ4v) is 2.77. The minimum Gasteiger partial charge on any atom is -0.493 e. The van der Waals surface area contributed by atoms with Crippen LogP contribution in [-0.4, -0.2) is 37.3 Å². The smallest absolute Gasteiger partial charge is 0.306 e. The highest BCUT2D eigenvalue weighted by molar-refractivity contribution is 6.05. The van der Waals surface area contributed by atoms with E-state index in [1.54, 1.807) is 43.3 Å². The van der Waals surface area contributed by atoms with Gasteiger partial charge in [0, 0.05) is 11.3 Å². The molecule has 0 fully saturated rings. The molecule has 2 aromatic carbocycles. The van der Waals surface area contributed by atoms with Gasteiger partial charge in [-0.05, 0) is 36.2 Å². The van der Waals surface area contributed by atoms with Crippen molar-refractivity contribution in [3.05, 3.63) is 47.5 Å². The quantitative estimate of drug-likeness (QED) is 0.811. The number of carboxylic acids is 1. The topological polar surface area (TPSA) is 94.1 Å². The van der Waals surface area contributed by atoms with Gasteiger partial charge in [-0.1, -0.05) is 19.1 Å². The minimum atomic E-state index is -0.833. The molecule has 27 heavy (non-hydrogen) atoms. The molecule has 7 nitrogen and oxygen atoms in total. The molecule has 142 valence electrons. The average molecular weight is 371 g/mol. The lowest BCUT2D eigenvalue weighted by Crippen LogP contribution is -2.18. The maximum atomic E-state index is 12.6. The molecule has 1 atom stereocenters. The van der Waals surface area contributed by atoms with E-state index in [0.29, 0.717) is 48.1 Å². The van der Waals surface area contributed by atoms with Crippen LogP contribution in [0.25, 0.3) is 0 Å². The molecular weight excluding hydrogens is 350 g/mol. The molecule has 1 aliphatic heterocycles. The number of hydrogen-bond donors (Lipinski definition) is 2. The fourth-order valence-electron chi connectivity index (χ4n) is 2.77. The summed E-state index contributed by atoms with van der Waals surface area (Å²) in [6.07, 6.45) is 0.433. The van der Waals surface area contributed by atoms with Crippen LogP contribution in [0, 0.1) is 5.92 Å². The normalized spacial score (nSPS) is 13.6. The zero-order valence-corrected chi connectivity index (χ0v) is 15.2. The van der Waals surface area contributed by atoms with Gasteiger partial charge in [-0.2, -0.15) is 0 Å². The summed E-state index contributed by atoms with van der Waals surface area (Å²) in [6, 6.07) is 10.3. The maximum absolute atomic E-state index is 12.6. The predicted octanol–water partition coefficient (Wildman–Crippen LogP) is 2.98. The maximum Gasteiger partial charge on any atom is 0.306 e. The number of fused-ring (bicyclic) bond motifs is 1. The van der Waals surface area contributed by atoms with Crippen molar-refractivity contribution in [2.24, 2.45) is 5.92 Å². The lowest BCUT2D eigenvalue weighted by atomic mass is 10.0. The summed E-state index contributed by atoms with van der Waals surface area (Å²) in [4.78, 5) is 23.5. The standard InChI is InChI=1S/C20H21NO6/c1-12(20(23)24)9-13-3-5-15(6-4-13)21-19(22)14-10-16(25-2)18-17(11-14)26-7-8-27-18/h3-6,10-12H,7-9H2,1-2H3,(H,21,22)(H,23,24). The molecule has 1 aliphatic rings. The van der Waals surface area contributed by atoms with E-state index in [-0.39, 0.29) is 5.91 Å². The van der Waals surface area contributed by atoms with Gasteiger partial charge in [0.25, 0.3) is 5.91 Å². The van der Waals surface area contributed by atoms with Gasteiger partial charge in [0.05, 0.1) is 13.0 Å². The lowest BCUT2D eigenvalue weighted by Gasteiger charge is -2.21. The number of amides is 1. The second kappa shape index (κ2) is 7.99. The molecule has 1 heterocycles. The Hall–Kier alpha value is -3.22. The van der Waals surface area contributed by atoms with Crippen molar-refractivity contribution in [3.63, 3.8) is 0 Å². The van der Waals surface area contributed by atoms with Gasteiger partial charge < -0.3 is 24.6 Å². The van der Waals surface area contributed by atoms with Crippen molar-refractivity contribution in [1.82, 2.24) is 0 Å². The SMILES string of the molecule is COc1cc(C(=O)Nc2ccc(CC(C)C(=O)O)cc2)cc2c1OCCO2. The number of carbonyl (C=O) groups excluding carboxylic acids is 1. The number of aliphatic carboxylic acids is 1. The van der Waals surface area contributed by atoms with E-state index in [4.69, 9.17) is 19.3 Å². The average Bonchev–Trinajstić information content (AvgIpc) is 2.68. The third-order valence-electron chi connectivity index (χ3n) is 4.27. The van der Waals surface area contributed by atoms with E-state index in [1.165, 1.54) is 7.11 Å². The molecular formula is C20H21NO6. The number of hydrogen-bond acceptors (Lipinski definition) is 5. The third kappa shape index (κ3) is 4.31. The number of ether oxygens (including phenoxy) is 3. The number of carbonyl (C=O) groups is 2. The van der Waals surface area contributed by atoms with Crippen LogP contribution in [0.1, 0.15) is 22.8 Å². The first-order valence-corrected chi connectivity index (χ1v) is 8.58. The summed E-state index contributed by atoms with van der Waals surface area (Å²) in [6.45, 7) is 2.51. The second-order valence-electron chi connectivity index (χ2n) is 6.30. The summed E-state index contributed by atoms with van der Waals surface area (Å²) < 4.78 is 16.4. The van der Waals surface area contributed by atoms with Crippen LogP contribution in [0.4, 0.5) is 5.69 Å². The van der Waals surface area contributed by atoms with Gasteiger partial charge >= 0.3 is 5.97 Å². The monoisotopic (exact) mass is 371 g/mol. The first kappa shape index (κ1) is 18.6. The number of rotatable bonds is 6. The van der Waals surface area contributed by atoms with Crippen molar-refractivity contribution in [3.8, 4) is 17.2 Å². The van der Waals surface area contributed by atoms with Gasteiger partial charge in [-0.3, -0.25) is 9.59 Å². The molecule has 0 aromatic heterocycles. The van der Waals surface area contributed by atoms with E-state index in [2.05, 4.69) is 5.32 Å². The Bertz CT molecular complexity index is 829. The Morgan fingerprint density at radius 3 is 2.56 bits per heavy atom. The Balaban J connectivity index is 1.73. The van der Waals surface area contributed by atoms with E-state index in [9.17, 15) is 9.59 Å². The zero-order valence-electron chi connectivity index (χ0n) is 15.2. The lowest BCUT2D eigenvalue weighted by molar-refractivity contribution is -0.141. The summed E-state index contributed by atoms with van der Waals surface area (Å²) in [5.41, 5.74) is 1.89. The molecule has 1 amide bonds. The van der Waals surface area contributed by atoms with Crippen molar-refractivity contribution in [2.45, 2.75) is 13.3 Å². The van der Waals surface area contributed by atoms with Crippen molar-refractivity contribution in [1.29, 1.82) is 0 Å². The molecule has 2 aromatic rings. The number of nitrogens with one attached hydrogen (secondary N) is 1. The van der Waals surface area contributed by atoms with E-state index >= 15 is 0 Å². The number of carboxylic acid groups (broad SMARTS) is 1. The third-order valence-corrected chi connectivity index (χ3v) is 4.27. The van der Waals surface area contributed by atoms with Gasteiger partial charge in [0.15, 0.2) is 11.5 Å². The van der Waals surface area contributed by atoms with E-state index in [1.807, 2.05) is 0 Å². The summed E-state index contributed by atoms with van der Waals surface area (Å²) in [5, 5.41) is 11.8. The van der Waals surface area contributed by atoms with Crippen LogP contribution in [-0.2, 0) is 11.2 Å². The first-order chi connectivity index (χ1) is 13.0. The summed E-state index contributed by atoms with van der Waals surface area (Å²) >= 11 is 0. The molecule has 0 spiro atoms. The number of methoxy groups -OCH3 is 1. The largest absolute Gasteiger partial charge is 0.493 e. The second-order valence-corrected chi connectivity index (χ2v) is 6.30. The predicted molar refractivity (Wildman–Crippen MR) is 98.9 cm³/mol. The molecule has 7 heteroatoms. The molecule has 3 rings (SSSR count). The van der Waals surface area contributed by atoms with E-state index < -0.39 is 11.9 Å². The van der Waals surface area contributed by atoms with Gasteiger partial charge in [0.1, 0.15) is 13.2 Å². The van der Waals surface area contributed by atoms with Crippen molar-refractivity contribution >= 4 is 17.6 Å². The highest BCUT2D eigenvalue weighted by Gasteiger charge is 2.21. The summed E-state index contributed by atoms with van der Waals surface area (Å²) in [5.74, 6) is -0.191. The molecule has 0 saturated heterocycles. The molecule has 0 bridgehead atoms. The fraction of sp³-hybridized carbons (Fsp3) is 0.300. The first-order valence-electron chi connectivity index (χ1n) is 8.58. The van der Waals surface area contributed by atoms with Crippen LogP contribution < -0.4 is 19.5 Å². The number of benzene rings is 2. The van der Waals surface area contributed by atoms with Crippen LogP contribution >= 0.6 is 0 Å². The van der Waals surface area contributed by atoms with Crippen LogP contribution in [0.15, 0.2) is 36.4 Å². The Labute approximate surface area is 156 Å². The Kier molecular flexibility index (Phi) is 5.49. The zero-order chi connectivity index (χ0) is 19.4. The van der Waals surface area contributed by atoms with Crippen LogP contribution in [0.3, 0.4) is 0 Å². The molecule has 2 N–H and O–H groups in total. The van der Waals surface area contributed by atoms with Gasteiger partial charge in [-0.15, -0.1) is 0 Å². The Morgan fingerprint density at radius 2 is 1.89 bits per heavy atom. The molecule has 0 aliphatic carbocycles. The molecule has 1 unspecified atom stereocenters.